The smallest absolute Gasteiger partial charge is 0.174 e. The molecule has 0 aromatic heterocycles. The molecule has 0 amide bonds. The summed E-state index contributed by atoms with van der Waals surface area (Å²) >= 11 is 0. The van der Waals surface area contributed by atoms with Crippen LogP contribution in [0.25, 0.3) is 12.2 Å². The first-order valence-corrected chi connectivity index (χ1v) is 9.56. The minimum Gasteiger partial charge on any atom is -0.624 e. The number of hydrogen-bond acceptors (Lipinski definition) is 2. The third-order valence-corrected chi connectivity index (χ3v) is 4.04. The van der Waals surface area contributed by atoms with Gasteiger partial charge in [-0.3, -0.25) is 4.99 Å². The number of hydrogen-bond donors (Lipinski definition) is 0. The van der Waals surface area contributed by atoms with E-state index >= 15 is 0 Å². The molecule has 3 nitrogen and oxygen atoms in total. The van der Waals surface area contributed by atoms with Crippen molar-refractivity contribution in [3.05, 3.63) is 89.1 Å². The van der Waals surface area contributed by atoms with Crippen molar-refractivity contribution in [2.24, 2.45) is 4.99 Å². The monoisotopic (exact) mass is 360 g/mol. The zero-order valence-corrected chi connectivity index (χ0v) is 15.8. The van der Waals surface area contributed by atoms with Crippen molar-refractivity contribution in [2.75, 3.05) is 13.1 Å². The van der Waals surface area contributed by atoms with Crippen molar-refractivity contribution < 1.29 is 4.74 Å². The number of aliphatic imine (C=N–C) groups is 1. The van der Waals surface area contributed by atoms with Crippen LogP contribution in [0, 0.1) is 5.21 Å². The number of unbranched alkanes of at least 4 members (excludes halogenated alkanes) is 3. The summed E-state index contributed by atoms with van der Waals surface area (Å²) in [6.07, 6.45) is 15.4. The molecule has 0 heterocycles. The van der Waals surface area contributed by atoms with E-state index in [4.69, 9.17) is 0 Å². The number of rotatable bonds is 11. The lowest BCUT2D eigenvalue weighted by Gasteiger charge is -2.02. The van der Waals surface area contributed by atoms with Gasteiger partial charge in [-0.05, 0) is 36.1 Å². The number of allylic oxidation sites excluding steroid dienone is 2. The summed E-state index contributed by atoms with van der Waals surface area (Å²) in [5.74, 6) is 0. The Kier molecular flexibility index (Phi) is 10.0. The molecule has 140 valence electrons. The van der Waals surface area contributed by atoms with E-state index in [1.165, 1.54) is 5.56 Å². The third-order valence-electron chi connectivity index (χ3n) is 4.04. The van der Waals surface area contributed by atoms with Crippen LogP contribution in [0.2, 0.25) is 0 Å². The van der Waals surface area contributed by atoms with Gasteiger partial charge in [-0.2, -0.15) is 0 Å². The predicted octanol–water partition coefficient (Wildman–Crippen LogP) is 5.63. The maximum absolute atomic E-state index is 11.7. The van der Waals surface area contributed by atoms with Gasteiger partial charge in [0.15, 0.2) is 12.8 Å². The molecule has 0 saturated heterocycles. The molecule has 0 spiro atoms. The first kappa shape index (κ1) is 20.4. The Hall–Kier alpha value is -2.94. The van der Waals surface area contributed by atoms with Gasteiger partial charge in [0, 0.05) is 25.3 Å². The van der Waals surface area contributed by atoms with Crippen LogP contribution in [0.3, 0.4) is 0 Å². The summed E-state index contributed by atoms with van der Waals surface area (Å²) in [5.41, 5.74) is 2.28. The molecule has 0 saturated carbocycles. The second-order valence-electron chi connectivity index (χ2n) is 6.30. The van der Waals surface area contributed by atoms with Gasteiger partial charge in [0.2, 0.25) is 0 Å². The first-order valence-electron chi connectivity index (χ1n) is 9.56. The fraction of sp³-hybridized carbons (Fsp3) is 0.250. The fourth-order valence-electron chi connectivity index (χ4n) is 2.57. The van der Waals surface area contributed by atoms with Crippen LogP contribution in [-0.2, 0) is 0 Å². The second kappa shape index (κ2) is 13.3. The van der Waals surface area contributed by atoms with Gasteiger partial charge >= 0.3 is 0 Å². The maximum atomic E-state index is 11.7. The van der Waals surface area contributed by atoms with Crippen molar-refractivity contribution in [3.8, 4) is 0 Å². The highest BCUT2D eigenvalue weighted by atomic mass is 16.5. The average Bonchev–Trinajstić information content (AvgIpc) is 2.71. The molecular formula is C24H28N2O. The molecule has 0 aliphatic heterocycles. The number of hydroxylamine groups is 1. The predicted molar refractivity (Wildman–Crippen MR) is 117 cm³/mol. The largest absolute Gasteiger partial charge is 0.624 e. The van der Waals surface area contributed by atoms with Gasteiger partial charge in [-0.25, -0.2) is 4.74 Å². The van der Waals surface area contributed by atoms with Gasteiger partial charge in [-0.15, -0.1) is 0 Å². The summed E-state index contributed by atoms with van der Waals surface area (Å²) in [5, 5.41) is 11.7. The van der Waals surface area contributed by atoms with Gasteiger partial charge in [0.1, 0.15) is 0 Å². The lowest BCUT2D eigenvalue weighted by Crippen LogP contribution is -2.05. The Labute approximate surface area is 162 Å². The normalized spacial score (nSPS) is 12.5. The van der Waals surface area contributed by atoms with Crippen LogP contribution in [0.5, 0.6) is 0 Å². The van der Waals surface area contributed by atoms with Gasteiger partial charge in [0.25, 0.3) is 0 Å². The third kappa shape index (κ3) is 9.95. The molecule has 27 heavy (non-hydrogen) atoms. The molecule has 2 aromatic carbocycles. The van der Waals surface area contributed by atoms with Gasteiger partial charge < -0.3 is 5.21 Å². The molecule has 0 unspecified atom stereocenters. The van der Waals surface area contributed by atoms with E-state index in [0.29, 0.717) is 6.54 Å². The minimum atomic E-state index is 0.544. The molecular weight excluding hydrogens is 332 g/mol. The number of benzene rings is 2. The Morgan fingerprint density at radius 3 is 2.00 bits per heavy atom. The molecule has 0 aliphatic rings. The van der Waals surface area contributed by atoms with Crippen molar-refractivity contribution in [3.63, 3.8) is 0 Å². The second-order valence-corrected chi connectivity index (χ2v) is 6.30. The van der Waals surface area contributed by atoms with E-state index in [1.807, 2.05) is 66.9 Å². The quantitative estimate of drug-likeness (QED) is 0.168. The lowest BCUT2D eigenvalue weighted by atomic mass is 10.2. The van der Waals surface area contributed by atoms with E-state index in [2.05, 4.69) is 23.2 Å². The molecule has 0 bridgehead atoms. The van der Waals surface area contributed by atoms with Crippen LogP contribution < -0.4 is 0 Å². The number of nitrogens with zero attached hydrogens (tertiary/aromatic N) is 2. The minimum absolute atomic E-state index is 0.544. The molecule has 0 fully saturated rings. The molecule has 2 rings (SSSR count). The van der Waals surface area contributed by atoms with Crippen molar-refractivity contribution in [1.82, 2.24) is 0 Å². The van der Waals surface area contributed by atoms with Crippen molar-refractivity contribution >= 4 is 24.6 Å². The summed E-state index contributed by atoms with van der Waals surface area (Å²) in [6, 6.07) is 20.2. The Morgan fingerprint density at radius 2 is 1.33 bits per heavy atom. The fourth-order valence-corrected chi connectivity index (χ4v) is 2.57. The van der Waals surface area contributed by atoms with Crippen LogP contribution in [-0.4, -0.2) is 30.3 Å². The summed E-state index contributed by atoms with van der Waals surface area (Å²) in [7, 11) is 0. The van der Waals surface area contributed by atoms with Gasteiger partial charge in [0.05, 0.1) is 0 Å². The highest BCUT2D eigenvalue weighted by molar-refractivity contribution is 5.78. The van der Waals surface area contributed by atoms with E-state index < -0.39 is 0 Å². The van der Waals surface area contributed by atoms with Crippen molar-refractivity contribution in [2.45, 2.75) is 25.7 Å². The molecule has 0 N–H and O–H groups in total. The average molecular weight is 361 g/mol. The van der Waals surface area contributed by atoms with Crippen LogP contribution >= 0.6 is 0 Å². The standard InChI is InChI=1S/C24H28N2O/c27-26(22-12-18-24-15-7-4-8-16-24)21-10-2-1-9-19-25-20-11-17-23-13-5-3-6-14-23/h3-8,11-18,20,22H,1-2,9-10,19,21H2/b17-11+,18-12+,25-20-,26-22-. The van der Waals surface area contributed by atoms with Crippen LogP contribution in [0.1, 0.15) is 36.8 Å². The maximum Gasteiger partial charge on any atom is 0.174 e. The molecule has 2 aromatic rings. The van der Waals surface area contributed by atoms with Crippen molar-refractivity contribution in [1.29, 1.82) is 0 Å². The van der Waals surface area contributed by atoms with E-state index in [9.17, 15) is 5.21 Å². The first-order chi connectivity index (χ1) is 13.3. The molecule has 0 aliphatic carbocycles. The summed E-state index contributed by atoms with van der Waals surface area (Å²) in [6.45, 7) is 1.38. The van der Waals surface area contributed by atoms with E-state index in [1.54, 1.807) is 12.3 Å². The van der Waals surface area contributed by atoms with E-state index in [-0.39, 0.29) is 0 Å². The Balaban J connectivity index is 1.50. The Bertz CT molecular complexity index is 746. The highest BCUT2D eigenvalue weighted by Gasteiger charge is 1.94. The van der Waals surface area contributed by atoms with Gasteiger partial charge in [-0.1, -0.05) is 73.2 Å². The summed E-state index contributed by atoms with van der Waals surface area (Å²) in [4.78, 5) is 4.39. The Morgan fingerprint density at radius 1 is 0.741 bits per heavy atom. The molecule has 3 heteroatoms. The SMILES string of the molecule is [O-]/[N+](=C\C=C\c1ccccc1)CCCCCC/N=C\C=C\c1ccccc1. The summed E-state index contributed by atoms with van der Waals surface area (Å²) < 4.78 is 1.01. The zero-order valence-electron chi connectivity index (χ0n) is 15.8. The lowest BCUT2D eigenvalue weighted by molar-refractivity contribution is -0.452. The molecule has 0 atom stereocenters. The van der Waals surface area contributed by atoms with Crippen LogP contribution in [0.4, 0.5) is 0 Å². The van der Waals surface area contributed by atoms with Crippen LogP contribution in [0.15, 0.2) is 77.8 Å². The zero-order chi connectivity index (χ0) is 19.0. The highest BCUT2D eigenvalue weighted by Crippen LogP contribution is 2.02. The van der Waals surface area contributed by atoms with E-state index in [0.717, 1.165) is 42.5 Å². The topological polar surface area (TPSA) is 38.4 Å². The molecule has 0 radical (unpaired) electrons.